The number of amides is 1. The van der Waals surface area contributed by atoms with E-state index in [1.165, 1.54) is 35.6 Å². The number of halogens is 1. The van der Waals surface area contributed by atoms with Gasteiger partial charge >= 0.3 is 0 Å². The number of hydrogen-bond donors (Lipinski definition) is 2. The van der Waals surface area contributed by atoms with E-state index < -0.39 is 10.8 Å². The van der Waals surface area contributed by atoms with Crippen LogP contribution >= 0.6 is 11.3 Å². The number of nitro benzene ring substituents is 1. The number of nitrogens with one attached hydrogen (secondary N) is 1. The Kier molecular flexibility index (Phi) is 4.40. The van der Waals surface area contributed by atoms with Crippen LogP contribution < -0.4 is 11.1 Å². The SMILES string of the molecule is Nc1ccc(C(=O)Nc2nc(-c3ccc(F)cc3)cs2)cc1[N+](=O)[O-]. The molecule has 1 heterocycles. The zero-order valence-corrected chi connectivity index (χ0v) is 13.4. The summed E-state index contributed by atoms with van der Waals surface area (Å²) in [4.78, 5) is 26.7. The topological polar surface area (TPSA) is 111 Å². The predicted molar refractivity (Wildman–Crippen MR) is 93.0 cm³/mol. The summed E-state index contributed by atoms with van der Waals surface area (Å²) in [7, 11) is 0. The van der Waals surface area contributed by atoms with E-state index in [0.717, 1.165) is 6.07 Å². The van der Waals surface area contributed by atoms with E-state index in [4.69, 9.17) is 5.73 Å². The van der Waals surface area contributed by atoms with Gasteiger partial charge in [-0.15, -0.1) is 11.3 Å². The molecule has 0 saturated heterocycles. The molecular weight excluding hydrogens is 347 g/mol. The highest BCUT2D eigenvalue weighted by Gasteiger charge is 2.16. The molecular formula is C16H11FN4O3S. The van der Waals surface area contributed by atoms with E-state index in [0.29, 0.717) is 16.4 Å². The van der Waals surface area contributed by atoms with Crippen LogP contribution in [0.15, 0.2) is 47.8 Å². The molecule has 0 aliphatic carbocycles. The molecule has 0 fully saturated rings. The van der Waals surface area contributed by atoms with Crippen LogP contribution in [0.25, 0.3) is 11.3 Å². The molecule has 0 aliphatic rings. The summed E-state index contributed by atoms with van der Waals surface area (Å²) < 4.78 is 13.0. The maximum absolute atomic E-state index is 13.0. The number of carbonyl (C=O) groups excluding carboxylic acids is 1. The third kappa shape index (κ3) is 3.61. The summed E-state index contributed by atoms with van der Waals surface area (Å²) >= 11 is 1.19. The first-order chi connectivity index (χ1) is 11.9. The van der Waals surface area contributed by atoms with Crippen LogP contribution in [0.2, 0.25) is 0 Å². The standard InChI is InChI=1S/C16H11FN4O3S/c17-11-4-1-9(2-5-11)13-8-25-16(19-13)20-15(22)10-3-6-12(18)14(7-10)21(23)24/h1-8H,18H2,(H,19,20,22). The molecule has 126 valence electrons. The molecule has 0 saturated carbocycles. The first kappa shape index (κ1) is 16.5. The average molecular weight is 358 g/mol. The van der Waals surface area contributed by atoms with Crippen LogP contribution in [0.4, 0.5) is 20.9 Å². The predicted octanol–water partition coefficient (Wildman–Crippen LogP) is 3.69. The van der Waals surface area contributed by atoms with Crippen LogP contribution in [-0.4, -0.2) is 15.8 Å². The smallest absolute Gasteiger partial charge is 0.292 e. The minimum atomic E-state index is -0.651. The van der Waals surface area contributed by atoms with Crippen molar-refractivity contribution in [2.45, 2.75) is 0 Å². The number of aromatic nitrogens is 1. The van der Waals surface area contributed by atoms with Gasteiger partial charge in [-0.05, 0) is 36.4 Å². The van der Waals surface area contributed by atoms with Gasteiger partial charge in [0.15, 0.2) is 5.13 Å². The number of nitro groups is 1. The molecule has 3 rings (SSSR count). The molecule has 0 aliphatic heterocycles. The van der Waals surface area contributed by atoms with Crippen molar-refractivity contribution >= 4 is 33.8 Å². The Labute approximate surface area is 145 Å². The molecule has 7 nitrogen and oxygen atoms in total. The van der Waals surface area contributed by atoms with Crippen molar-refractivity contribution in [1.29, 1.82) is 0 Å². The highest BCUT2D eigenvalue weighted by Crippen LogP contribution is 2.26. The Hall–Kier alpha value is -3.33. The number of benzene rings is 2. The van der Waals surface area contributed by atoms with Crippen molar-refractivity contribution in [2.75, 3.05) is 11.1 Å². The quantitative estimate of drug-likeness (QED) is 0.420. The highest BCUT2D eigenvalue weighted by molar-refractivity contribution is 7.14. The van der Waals surface area contributed by atoms with Crippen LogP contribution in [0.5, 0.6) is 0 Å². The molecule has 2 aromatic carbocycles. The minimum absolute atomic E-state index is 0.0191. The number of nitrogens with two attached hydrogens (primary N) is 1. The molecule has 0 unspecified atom stereocenters. The highest BCUT2D eigenvalue weighted by atomic mass is 32.1. The Morgan fingerprint density at radius 3 is 2.64 bits per heavy atom. The zero-order chi connectivity index (χ0) is 18.0. The number of carbonyl (C=O) groups is 1. The van der Waals surface area contributed by atoms with Crippen molar-refractivity contribution in [3.63, 3.8) is 0 Å². The fourth-order valence-electron chi connectivity index (χ4n) is 2.10. The Bertz CT molecular complexity index is 956. The number of nitrogens with zero attached hydrogens (tertiary/aromatic N) is 2. The first-order valence-corrected chi connectivity index (χ1v) is 7.89. The number of thiazole rings is 1. The van der Waals surface area contributed by atoms with Crippen LogP contribution in [0, 0.1) is 15.9 Å². The maximum atomic E-state index is 13.0. The largest absolute Gasteiger partial charge is 0.393 e. The monoisotopic (exact) mass is 358 g/mol. The van der Waals surface area contributed by atoms with E-state index in [-0.39, 0.29) is 22.8 Å². The molecule has 0 spiro atoms. The lowest BCUT2D eigenvalue weighted by Gasteiger charge is -2.03. The maximum Gasteiger partial charge on any atom is 0.292 e. The number of rotatable bonds is 4. The van der Waals surface area contributed by atoms with Crippen LogP contribution in [0.3, 0.4) is 0 Å². The van der Waals surface area contributed by atoms with Crippen molar-refractivity contribution < 1.29 is 14.1 Å². The second kappa shape index (κ2) is 6.65. The third-order valence-electron chi connectivity index (χ3n) is 3.35. The van der Waals surface area contributed by atoms with E-state index in [2.05, 4.69) is 10.3 Å². The molecule has 0 radical (unpaired) electrons. The van der Waals surface area contributed by atoms with Crippen LogP contribution in [0.1, 0.15) is 10.4 Å². The summed E-state index contributed by atoms with van der Waals surface area (Å²) in [5.41, 5.74) is 6.55. The lowest BCUT2D eigenvalue weighted by molar-refractivity contribution is -0.383. The molecule has 3 aromatic rings. The summed E-state index contributed by atoms with van der Waals surface area (Å²) in [6.45, 7) is 0. The summed E-state index contributed by atoms with van der Waals surface area (Å²) in [5.74, 6) is -0.888. The molecule has 25 heavy (non-hydrogen) atoms. The second-order valence-corrected chi connectivity index (χ2v) is 5.89. The third-order valence-corrected chi connectivity index (χ3v) is 4.11. The fraction of sp³-hybridized carbons (Fsp3) is 0. The van der Waals surface area contributed by atoms with Gasteiger partial charge in [0.05, 0.1) is 10.6 Å². The van der Waals surface area contributed by atoms with Gasteiger partial charge in [0.1, 0.15) is 11.5 Å². The van der Waals surface area contributed by atoms with Gasteiger partial charge in [0, 0.05) is 22.6 Å². The van der Waals surface area contributed by atoms with Crippen LogP contribution in [-0.2, 0) is 0 Å². The van der Waals surface area contributed by atoms with Gasteiger partial charge in [-0.25, -0.2) is 9.37 Å². The van der Waals surface area contributed by atoms with E-state index in [1.807, 2.05) is 0 Å². The molecule has 3 N–H and O–H groups in total. The lowest BCUT2D eigenvalue weighted by atomic mass is 10.1. The fourth-order valence-corrected chi connectivity index (χ4v) is 2.81. The summed E-state index contributed by atoms with van der Waals surface area (Å²) in [6, 6.07) is 9.61. The van der Waals surface area contributed by atoms with Gasteiger partial charge in [-0.3, -0.25) is 20.2 Å². The first-order valence-electron chi connectivity index (χ1n) is 7.01. The molecule has 1 amide bonds. The van der Waals surface area contributed by atoms with Gasteiger partial charge in [0.2, 0.25) is 0 Å². The Morgan fingerprint density at radius 1 is 1.24 bits per heavy atom. The summed E-state index contributed by atoms with van der Waals surface area (Å²) in [5, 5.41) is 15.5. The van der Waals surface area contributed by atoms with Crippen molar-refractivity contribution in [1.82, 2.24) is 4.98 Å². The Morgan fingerprint density at radius 2 is 1.96 bits per heavy atom. The van der Waals surface area contributed by atoms with Crippen molar-refractivity contribution in [3.8, 4) is 11.3 Å². The number of anilines is 2. The van der Waals surface area contributed by atoms with E-state index in [9.17, 15) is 19.3 Å². The minimum Gasteiger partial charge on any atom is -0.393 e. The molecule has 0 atom stereocenters. The normalized spacial score (nSPS) is 10.4. The number of nitrogen functional groups attached to an aromatic ring is 1. The molecule has 9 heteroatoms. The van der Waals surface area contributed by atoms with Crippen molar-refractivity contribution in [3.05, 3.63) is 69.3 Å². The number of hydrogen-bond acceptors (Lipinski definition) is 6. The van der Waals surface area contributed by atoms with Crippen molar-refractivity contribution in [2.24, 2.45) is 0 Å². The lowest BCUT2D eigenvalue weighted by Crippen LogP contribution is -2.12. The van der Waals surface area contributed by atoms with Gasteiger partial charge < -0.3 is 5.73 Å². The van der Waals surface area contributed by atoms with Gasteiger partial charge in [-0.1, -0.05) is 0 Å². The van der Waals surface area contributed by atoms with Gasteiger partial charge in [0.25, 0.3) is 11.6 Å². The average Bonchev–Trinajstić information content (AvgIpc) is 3.04. The van der Waals surface area contributed by atoms with E-state index >= 15 is 0 Å². The molecule has 0 bridgehead atoms. The Balaban J connectivity index is 1.79. The summed E-state index contributed by atoms with van der Waals surface area (Å²) in [6.07, 6.45) is 0. The second-order valence-electron chi connectivity index (χ2n) is 5.03. The molecule has 1 aromatic heterocycles. The van der Waals surface area contributed by atoms with E-state index in [1.54, 1.807) is 17.5 Å². The zero-order valence-electron chi connectivity index (χ0n) is 12.6. The van der Waals surface area contributed by atoms with Gasteiger partial charge in [-0.2, -0.15) is 0 Å².